The molecule has 2 rings (SSSR count). The normalized spacial score (nSPS) is 10.4. The second-order valence-corrected chi connectivity index (χ2v) is 5.03. The van der Waals surface area contributed by atoms with Gasteiger partial charge in [-0.1, -0.05) is 11.8 Å². The maximum absolute atomic E-state index is 5.80. The number of nitrogen functional groups attached to an aromatic ring is 3. The number of benzene rings is 1. The van der Waals surface area contributed by atoms with E-state index in [2.05, 4.69) is 9.97 Å². The molecule has 0 fully saturated rings. The number of ether oxygens (including phenoxy) is 1. The molecular formula is C13H17N5OS. The van der Waals surface area contributed by atoms with Crippen LogP contribution in [0, 0.1) is 0 Å². The molecule has 20 heavy (non-hydrogen) atoms. The van der Waals surface area contributed by atoms with Crippen LogP contribution in [0.2, 0.25) is 0 Å². The molecule has 6 N–H and O–H groups in total. The highest BCUT2D eigenvalue weighted by atomic mass is 32.2. The zero-order chi connectivity index (χ0) is 14.5. The summed E-state index contributed by atoms with van der Waals surface area (Å²) >= 11 is 1.43. The van der Waals surface area contributed by atoms with Crippen LogP contribution in [-0.2, 0) is 5.75 Å². The molecular weight excluding hydrogens is 274 g/mol. The fourth-order valence-corrected chi connectivity index (χ4v) is 2.53. The van der Waals surface area contributed by atoms with E-state index in [0.29, 0.717) is 34.8 Å². The Morgan fingerprint density at radius 1 is 1.10 bits per heavy atom. The van der Waals surface area contributed by atoms with Gasteiger partial charge in [-0.05, 0) is 25.1 Å². The zero-order valence-electron chi connectivity index (χ0n) is 11.2. The molecule has 0 unspecified atom stereocenters. The van der Waals surface area contributed by atoms with Crippen molar-refractivity contribution < 1.29 is 4.74 Å². The van der Waals surface area contributed by atoms with Crippen molar-refractivity contribution in [2.24, 2.45) is 0 Å². The summed E-state index contributed by atoms with van der Waals surface area (Å²) in [7, 11) is 0. The van der Waals surface area contributed by atoms with Crippen molar-refractivity contribution in [1.82, 2.24) is 9.97 Å². The molecule has 0 aliphatic rings. The Bertz CT molecular complexity index is 585. The number of aromatic nitrogens is 2. The second kappa shape index (κ2) is 6.33. The molecule has 106 valence electrons. The summed E-state index contributed by atoms with van der Waals surface area (Å²) in [6, 6.07) is 7.08. The molecule has 0 aliphatic carbocycles. The van der Waals surface area contributed by atoms with Gasteiger partial charge in [-0.2, -0.15) is 0 Å². The topological polar surface area (TPSA) is 113 Å². The smallest absolute Gasteiger partial charge is 0.191 e. The summed E-state index contributed by atoms with van der Waals surface area (Å²) in [5, 5.41) is 0.535. The van der Waals surface area contributed by atoms with Crippen molar-refractivity contribution in [3.8, 4) is 5.75 Å². The van der Waals surface area contributed by atoms with Gasteiger partial charge in [0.25, 0.3) is 0 Å². The number of nitrogens with two attached hydrogens (primary N) is 3. The predicted octanol–water partition coefficient (Wildman–Crippen LogP) is 1.91. The molecule has 0 amide bonds. The van der Waals surface area contributed by atoms with E-state index < -0.39 is 0 Å². The second-order valence-electron chi connectivity index (χ2n) is 4.09. The number of rotatable bonds is 5. The van der Waals surface area contributed by atoms with Crippen molar-refractivity contribution in [3.63, 3.8) is 0 Å². The number of nitrogens with zero attached hydrogens (tertiary/aromatic N) is 2. The lowest BCUT2D eigenvalue weighted by molar-refractivity contribution is 0.337. The first kappa shape index (κ1) is 14.3. The van der Waals surface area contributed by atoms with Crippen LogP contribution in [-0.4, -0.2) is 16.6 Å². The van der Waals surface area contributed by atoms with Crippen molar-refractivity contribution in [1.29, 1.82) is 0 Å². The SMILES string of the molecule is CCOc1ccc(N)cc1CSc1nc(N)cc(N)n1. The first-order valence-corrected chi connectivity index (χ1v) is 7.11. The Hall–Kier alpha value is -2.15. The van der Waals surface area contributed by atoms with Gasteiger partial charge in [0.2, 0.25) is 0 Å². The highest BCUT2D eigenvalue weighted by molar-refractivity contribution is 7.98. The van der Waals surface area contributed by atoms with Crippen LogP contribution >= 0.6 is 11.8 Å². The molecule has 0 aliphatic heterocycles. The van der Waals surface area contributed by atoms with Gasteiger partial charge in [0.15, 0.2) is 5.16 Å². The van der Waals surface area contributed by atoms with Gasteiger partial charge in [0, 0.05) is 23.1 Å². The van der Waals surface area contributed by atoms with Gasteiger partial charge in [-0.15, -0.1) is 0 Å². The minimum atomic E-state index is 0.359. The molecule has 0 saturated heterocycles. The standard InChI is InChI=1S/C13H17N5OS/c1-2-19-10-4-3-9(14)5-8(10)7-20-13-17-11(15)6-12(16)18-13/h3-6H,2,7,14H2,1H3,(H4,15,16,17,18). The van der Waals surface area contributed by atoms with E-state index in [-0.39, 0.29) is 0 Å². The van der Waals surface area contributed by atoms with E-state index >= 15 is 0 Å². The Morgan fingerprint density at radius 3 is 2.45 bits per heavy atom. The van der Waals surface area contributed by atoms with Crippen LogP contribution in [0.4, 0.5) is 17.3 Å². The quantitative estimate of drug-likeness (QED) is 0.438. The predicted molar refractivity (Wildman–Crippen MR) is 82.4 cm³/mol. The van der Waals surface area contributed by atoms with Crippen LogP contribution in [0.15, 0.2) is 29.4 Å². The van der Waals surface area contributed by atoms with Crippen LogP contribution in [0.3, 0.4) is 0 Å². The maximum Gasteiger partial charge on any atom is 0.191 e. The highest BCUT2D eigenvalue weighted by Gasteiger charge is 2.07. The van der Waals surface area contributed by atoms with Crippen LogP contribution in [0.25, 0.3) is 0 Å². The molecule has 0 atom stereocenters. The number of anilines is 3. The molecule has 1 aromatic heterocycles. The summed E-state index contributed by atoms with van der Waals surface area (Å²) in [5.74, 6) is 2.16. The van der Waals surface area contributed by atoms with Gasteiger partial charge in [0.1, 0.15) is 17.4 Å². The van der Waals surface area contributed by atoms with Crippen LogP contribution in [0.5, 0.6) is 5.75 Å². The summed E-state index contributed by atoms with van der Waals surface area (Å²) in [6.45, 7) is 2.54. The lowest BCUT2D eigenvalue weighted by atomic mass is 10.2. The van der Waals surface area contributed by atoms with Crippen molar-refractivity contribution in [2.75, 3.05) is 23.8 Å². The molecule has 6 nitrogen and oxygen atoms in total. The molecule has 0 radical (unpaired) electrons. The van der Waals surface area contributed by atoms with Crippen molar-refractivity contribution >= 4 is 29.1 Å². The highest BCUT2D eigenvalue weighted by Crippen LogP contribution is 2.28. The Kier molecular flexibility index (Phi) is 4.52. The minimum Gasteiger partial charge on any atom is -0.494 e. The largest absolute Gasteiger partial charge is 0.494 e. The molecule has 0 spiro atoms. The van der Waals surface area contributed by atoms with Crippen molar-refractivity contribution in [2.45, 2.75) is 17.8 Å². The third kappa shape index (κ3) is 3.67. The van der Waals surface area contributed by atoms with Gasteiger partial charge in [-0.3, -0.25) is 0 Å². The number of hydrogen-bond donors (Lipinski definition) is 3. The first-order chi connectivity index (χ1) is 9.58. The third-order valence-electron chi connectivity index (χ3n) is 2.49. The summed E-state index contributed by atoms with van der Waals surface area (Å²) < 4.78 is 5.57. The van der Waals surface area contributed by atoms with Gasteiger partial charge >= 0.3 is 0 Å². The molecule has 7 heteroatoms. The number of thioether (sulfide) groups is 1. The monoisotopic (exact) mass is 291 g/mol. The van der Waals surface area contributed by atoms with E-state index in [0.717, 1.165) is 11.3 Å². The minimum absolute atomic E-state index is 0.359. The van der Waals surface area contributed by atoms with Gasteiger partial charge < -0.3 is 21.9 Å². The maximum atomic E-state index is 5.80. The fourth-order valence-electron chi connectivity index (χ4n) is 1.68. The van der Waals surface area contributed by atoms with E-state index in [1.807, 2.05) is 25.1 Å². The van der Waals surface area contributed by atoms with Crippen LogP contribution < -0.4 is 21.9 Å². The van der Waals surface area contributed by atoms with E-state index in [9.17, 15) is 0 Å². The average molecular weight is 291 g/mol. The Labute approximate surface area is 121 Å². The van der Waals surface area contributed by atoms with Crippen LogP contribution in [0.1, 0.15) is 12.5 Å². The van der Waals surface area contributed by atoms with E-state index in [1.54, 1.807) is 0 Å². The molecule has 0 saturated carbocycles. The Morgan fingerprint density at radius 2 is 1.80 bits per heavy atom. The van der Waals surface area contributed by atoms with E-state index in [1.165, 1.54) is 17.8 Å². The van der Waals surface area contributed by atoms with Gasteiger partial charge in [-0.25, -0.2) is 9.97 Å². The first-order valence-electron chi connectivity index (χ1n) is 6.12. The summed E-state index contributed by atoms with van der Waals surface area (Å²) in [4.78, 5) is 8.25. The lowest BCUT2D eigenvalue weighted by Crippen LogP contribution is -2.00. The molecule has 1 heterocycles. The van der Waals surface area contributed by atoms with Gasteiger partial charge in [0.05, 0.1) is 6.61 Å². The number of hydrogen-bond acceptors (Lipinski definition) is 7. The fraction of sp³-hybridized carbons (Fsp3) is 0.231. The van der Waals surface area contributed by atoms with E-state index in [4.69, 9.17) is 21.9 Å². The molecule has 0 bridgehead atoms. The summed E-state index contributed by atoms with van der Waals surface area (Å²) in [5.41, 5.74) is 18.8. The summed E-state index contributed by atoms with van der Waals surface area (Å²) in [6.07, 6.45) is 0. The third-order valence-corrected chi connectivity index (χ3v) is 3.38. The molecule has 2 aromatic rings. The molecule has 1 aromatic carbocycles. The average Bonchev–Trinajstić information content (AvgIpc) is 2.38. The zero-order valence-corrected chi connectivity index (χ0v) is 12.0. The van der Waals surface area contributed by atoms with Crippen molar-refractivity contribution in [3.05, 3.63) is 29.8 Å². The Balaban J connectivity index is 2.15. The lowest BCUT2D eigenvalue weighted by Gasteiger charge is -2.10.